The fourth-order valence-electron chi connectivity index (χ4n) is 3.47. The van der Waals surface area contributed by atoms with Crippen molar-refractivity contribution in [2.75, 3.05) is 12.4 Å². The van der Waals surface area contributed by atoms with Crippen LogP contribution in [0.5, 0.6) is 5.75 Å². The Morgan fingerprint density at radius 2 is 2.03 bits per heavy atom. The van der Waals surface area contributed by atoms with Crippen molar-refractivity contribution in [3.63, 3.8) is 0 Å². The first-order chi connectivity index (χ1) is 14.5. The Kier molecular flexibility index (Phi) is 5.54. The van der Waals surface area contributed by atoms with Gasteiger partial charge in [0, 0.05) is 15.7 Å². The normalized spacial score (nSPS) is 15.4. The Bertz CT molecular complexity index is 1140. The molecule has 0 radical (unpaired) electrons. The number of tetrazole rings is 1. The first-order valence-corrected chi connectivity index (χ1v) is 10.1. The van der Waals surface area contributed by atoms with Crippen molar-refractivity contribution in [3.05, 3.63) is 74.9 Å². The van der Waals surface area contributed by atoms with Crippen molar-refractivity contribution in [3.8, 4) is 5.75 Å². The summed E-state index contributed by atoms with van der Waals surface area (Å²) < 4.78 is 13.7. The van der Waals surface area contributed by atoms with Crippen LogP contribution in [0.1, 0.15) is 29.7 Å². The number of esters is 1. The molecule has 30 heavy (non-hydrogen) atoms. The minimum atomic E-state index is -0.604. The Labute approximate surface area is 182 Å². The maximum absolute atomic E-state index is 12.7. The molecule has 1 aliphatic rings. The molecule has 2 heterocycles. The van der Waals surface area contributed by atoms with Crippen LogP contribution in [0.3, 0.4) is 0 Å². The van der Waals surface area contributed by atoms with Crippen LogP contribution in [-0.4, -0.2) is 33.3 Å². The number of ether oxygens (including phenoxy) is 2. The highest BCUT2D eigenvalue weighted by Gasteiger charge is 2.36. The molecule has 1 atom stereocenters. The van der Waals surface area contributed by atoms with E-state index in [1.54, 1.807) is 11.6 Å². The van der Waals surface area contributed by atoms with Gasteiger partial charge in [-0.3, -0.25) is 0 Å². The lowest BCUT2D eigenvalue weighted by molar-refractivity contribution is -0.136. The van der Waals surface area contributed by atoms with Gasteiger partial charge in [0.2, 0.25) is 5.95 Å². The summed E-state index contributed by atoms with van der Waals surface area (Å²) in [6, 6.07) is 13.1. The number of methoxy groups -OCH3 is 1. The van der Waals surface area contributed by atoms with Crippen molar-refractivity contribution in [2.24, 2.45) is 0 Å². The van der Waals surface area contributed by atoms with E-state index in [0.717, 1.165) is 21.2 Å². The first kappa shape index (κ1) is 20.1. The van der Waals surface area contributed by atoms with E-state index in [9.17, 15) is 4.79 Å². The van der Waals surface area contributed by atoms with Crippen molar-refractivity contribution >= 4 is 27.8 Å². The smallest absolute Gasteiger partial charge is 0.338 e. The van der Waals surface area contributed by atoms with E-state index in [1.807, 2.05) is 49.4 Å². The number of halogens is 1. The molecule has 2 aromatic carbocycles. The van der Waals surface area contributed by atoms with E-state index in [0.29, 0.717) is 29.6 Å². The fraction of sp³-hybridized carbons (Fsp3) is 0.238. The first-order valence-electron chi connectivity index (χ1n) is 9.30. The zero-order valence-electron chi connectivity index (χ0n) is 16.7. The summed E-state index contributed by atoms with van der Waals surface area (Å²) in [5, 5.41) is 14.9. The Morgan fingerprint density at radius 1 is 1.23 bits per heavy atom. The number of hydrogen-bond acceptors (Lipinski definition) is 7. The zero-order chi connectivity index (χ0) is 21.3. The summed E-state index contributed by atoms with van der Waals surface area (Å²) >= 11 is 3.53. The molecule has 1 aliphatic heterocycles. The summed E-state index contributed by atoms with van der Waals surface area (Å²) in [4.78, 5) is 12.7. The van der Waals surface area contributed by atoms with Gasteiger partial charge in [-0.1, -0.05) is 45.3 Å². The molecule has 1 aromatic heterocycles. The summed E-state index contributed by atoms with van der Waals surface area (Å²) in [6.45, 7) is 4.23. The molecule has 0 saturated heterocycles. The number of carbonyl (C=O) groups excluding carboxylic acids is 1. The third kappa shape index (κ3) is 3.68. The summed E-state index contributed by atoms with van der Waals surface area (Å²) in [6.07, 6.45) is 0. The van der Waals surface area contributed by atoms with Gasteiger partial charge in [-0.2, -0.15) is 4.68 Å². The molecule has 0 fully saturated rings. The van der Waals surface area contributed by atoms with Crippen LogP contribution >= 0.6 is 15.9 Å². The lowest BCUT2D eigenvalue weighted by Crippen LogP contribution is -2.29. The molecule has 0 spiro atoms. The third-order valence-electron chi connectivity index (χ3n) is 5.03. The van der Waals surface area contributed by atoms with E-state index < -0.39 is 12.0 Å². The van der Waals surface area contributed by atoms with Gasteiger partial charge in [0.15, 0.2) is 0 Å². The van der Waals surface area contributed by atoms with Gasteiger partial charge in [-0.25, -0.2) is 4.79 Å². The molecule has 9 heteroatoms. The van der Waals surface area contributed by atoms with Crippen LogP contribution in [0.4, 0.5) is 5.95 Å². The van der Waals surface area contributed by atoms with Crippen LogP contribution in [0.15, 0.2) is 58.2 Å². The molecule has 3 aromatic rings. The number of benzene rings is 2. The number of aryl methyl sites for hydroxylation is 1. The second kappa shape index (κ2) is 8.27. The predicted octanol–water partition coefficient (Wildman–Crippen LogP) is 3.78. The zero-order valence-corrected chi connectivity index (χ0v) is 18.3. The summed E-state index contributed by atoms with van der Waals surface area (Å²) in [7, 11) is 1.35. The highest BCUT2D eigenvalue weighted by Crippen LogP contribution is 2.40. The topological polar surface area (TPSA) is 91.2 Å². The number of rotatable bonds is 5. The Hall–Kier alpha value is -3.20. The Balaban J connectivity index is 1.80. The largest absolute Gasteiger partial charge is 0.489 e. The minimum Gasteiger partial charge on any atom is -0.489 e. The second-order valence-corrected chi connectivity index (χ2v) is 7.82. The van der Waals surface area contributed by atoms with E-state index in [1.165, 1.54) is 7.11 Å². The van der Waals surface area contributed by atoms with E-state index in [4.69, 9.17) is 9.47 Å². The predicted molar refractivity (Wildman–Crippen MR) is 114 cm³/mol. The van der Waals surface area contributed by atoms with E-state index >= 15 is 0 Å². The molecular weight excluding hydrogens is 450 g/mol. The maximum atomic E-state index is 12.7. The van der Waals surface area contributed by atoms with Gasteiger partial charge in [-0.15, -0.1) is 0 Å². The number of nitrogens with zero attached hydrogens (tertiary/aromatic N) is 4. The molecule has 154 valence electrons. The van der Waals surface area contributed by atoms with Gasteiger partial charge in [0.05, 0.1) is 12.7 Å². The van der Waals surface area contributed by atoms with E-state index in [2.05, 4.69) is 36.8 Å². The highest BCUT2D eigenvalue weighted by atomic mass is 79.9. The summed E-state index contributed by atoms with van der Waals surface area (Å²) in [5.41, 5.74) is 4.01. The number of hydrogen-bond donors (Lipinski definition) is 1. The van der Waals surface area contributed by atoms with Gasteiger partial charge in [0.25, 0.3) is 0 Å². The monoisotopic (exact) mass is 469 g/mol. The molecule has 0 saturated carbocycles. The molecular formula is C21H20BrN5O3. The van der Waals surface area contributed by atoms with Crippen molar-refractivity contribution in [1.82, 2.24) is 20.2 Å². The minimum absolute atomic E-state index is 0.394. The van der Waals surface area contributed by atoms with Crippen LogP contribution in [0.25, 0.3) is 0 Å². The average Bonchev–Trinajstić information content (AvgIpc) is 3.20. The molecule has 1 unspecified atom stereocenters. The van der Waals surface area contributed by atoms with Crippen LogP contribution < -0.4 is 10.1 Å². The van der Waals surface area contributed by atoms with Crippen LogP contribution in [0, 0.1) is 6.92 Å². The van der Waals surface area contributed by atoms with Gasteiger partial charge in [0.1, 0.15) is 18.4 Å². The highest BCUT2D eigenvalue weighted by molar-refractivity contribution is 9.10. The van der Waals surface area contributed by atoms with Crippen LogP contribution in [0.2, 0.25) is 0 Å². The second-order valence-electron chi connectivity index (χ2n) is 6.90. The average molecular weight is 470 g/mol. The molecule has 0 amide bonds. The molecule has 1 N–H and O–H groups in total. The molecule has 0 aliphatic carbocycles. The van der Waals surface area contributed by atoms with Gasteiger partial charge < -0.3 is 14.8 Å². The number of allylic oxidation sites excluding steroid dienone is 1. The van der Waals surface area contributed by atoms with Crippen LogP contribution in [-0.2, 0) is 16.1 Å². The lowest BCUT2D eigenvalue weighted by atomic mass is 9.95. The number of anilines is 1. The summed E-state index contributed by atoms with van der Waals surface area (Å²) in [5.74, 6) is 0.606. The number of carbonyl (C=O) groups is 1. The van der Waals surface area contributed by atoms with E-state index in [-0.39, 0.29) is 0 Å². The van der Waals surface area contributed by atoms with Crippen molar-refractivity contribution in [1.29, 1.82) is 0 Å². The quantitative estimate of drug-likeness (QED) is 0.568. The Morgan fingerprint density at radius 3 is 2.80 bits per heavy atom. The standard InChI is InChI=1S/C21H20BrN5O3/c1-12-6-4-5-7-14(12)11-30-17-9-8-15(22)10-16(17)19-18(20(28)29-3)13(2)23-21-24-25-26-27(19)21/h4-10,19H,11H2,1-3H3,(H,23,24,26). The van der Waals surface area contributed by atoms with Gasteiger partial charge >= 0.3 is 5.97 Å². The van der Waals surface area contributed by atoms with Crippen molar-refractivity contribution < 1.29 is 14.3 Å². The molecule has 0 bridgehead atoms. The number of aromatic nitrogens is 4. The molecule has 4 rings (SSSR count). The SMILES string of the molecule is COC(=O)C1=C(C)Nc2nnnn2C1c1cc(Br)ccc1OCc1ccccc1C. The third-order valence-corrected chi connectivity index (χ3v) is 5.52. The van der Waals surface area contributed by atoms with Crippen molar-refractivity contribution in [2.45, 2.75) is 26.5 Å². The lowest BCUT2D eigenvalue weighted by Gasteiger charge is -2.28. The number of nitrogens with one attached hydrogen (secondary N) is 1. The molecule has 8 nitrogen and oxygen atoms in total. The number of fused-ring (bicyclic) bond motifs is 1. The fourth-order valence-corrected chi connectivity index (χ4v) is 3.84. The maximum Gasteiger partial charge on any atom is 0.338 e. The van der Waals surface area contributed by atoms with Gasteiger partial charge in [-0.05, 0) is 53.6 Å².